The highest BCUT2D eigenvalue weighted by molar-refractivity contribution is 5.93. The summed E-state index contributed by atoms with van der Waals surface area (Å²) in [5.74, 6) is -0.278. The molecular formula is C21H24N2O3. The normalized spacial score (nSPS) is 19.7. The van der Waals surface area contributed by atoms with Crippen molar-refractivity contribution in [1.29, 1.82) is 0 Å². The first kappa shape index (κ1) is 18.0. The Kier molecular flexibility index (Phi) is 5.89. The lowest BCUT2D eigenvalue weighted by atomic mass is 9.93. The van der Waals surface area contributed by atoms with Crippen molar-refractivity contribution in [2.45, 2.75) is 32.4 Å². The van der Waals surface area contributed by atoms with Gasteiger partial charge in [0, 0.05) is 18.3 Å². The summed E-state index contributed by atoms with van der Waals surface area (Å²) in [7, 11) is 0. The van der Waals surface area contributed by atoms with Gasteiger partial charge in [-0.3, -0.25) is 4.79 Å². The standard InChI is InChI=1S/C21H24N2O3/c1-16-12-13-18(20(24)22-19-10-6-3-7-11-19)14-23(16)21(25)26-15-17-8-4-2-5-9-17/h2-11,16,18H,12-15H2,1H3,(H,22,24)/t16-,18+/m1/s1. The molecule has 2 atom stereocenters. The smallest absolute Gasteiger partial charge is 0.410 e. The number of benzene rings is 2. The summed E-state index contributed by atoms with van der Waals surface area (Å²) < 4.78 is 5.44. The van der Waals surface area contributed by atoms with Crippen LogP contribution in [-0.2, 0) is 16.1 Å². The minimum Gasteiger partial charge on any atom is -0.445 e. The van der Waals surface area contributed by atoms with Gasteiger partial charge in [-0.2, -0.15) is 0 Å². The number of nitrogens with one attached hydrogen (secondary N) is 1. The molecule has 0 aliphatic carbocycles. The van der Waals surface area contributed by atoms with E-state index in [0.717, 1.165) is 24.1 Å². The Bertz CT molecular complexity index is 733. The average molecular weight is 352 g/mol. The number of hydrogen-bond acceptors (Lipinski definition) is 3. The van der Waals surface area contributed by atoms with E-state index in [1.165, 1.54) is 0 Å². The molecular weight excluding hydrogens is 328 g/mol. The van der Waals surface area contributed by atoms with Crippen LogP contribution in [-0.4, -0.2) is 29.5 Å². The molecule has 5 heteroatoms. The lowest BCUT2D eigenvalue weighted by molar-refractivity contribution is -0.121. The molecule has 5 nitrogen and oxygen atoms in total. The second kappa shape index (κ2) is 8.52. The largest absolute Gasteiger partial charge is 0.445 e. The molecule has 0 unspecified atom stereocenters. The first-order valence-corrected chi connectivity index (χ1v) is 8.96. The van der Waals surface area contributed by atoms with Crippen LogP contribution in [0.3, 0.4) is 0 Å². The molecule has 1 heterocycles. The van der Waals surface area contributed by atoms with Gasteiger partial charge in [0.05, 0.1) is 5.92 Å². The van der Waals surface area contributed by atoms with Crippen molar-refractivity contribution in [3.05, 3.63) is 66.2 Å². The Morgan fingerprint density at radius 3 is 2.38 bits per heavy atom. The van der Waals surface area contributed by atoms with Gasteiger partial charge >= 0.3 is 6.09 Å². The van der Waals surface area contributed by atoms with Crippen LogP contribution in [0.1, 0.15) is 25.3 Å². The van der Waals surface area contributed by atoms with Crippen LogP contribution in [0.25, 0.3) is 0 Å². The van der Waals surface area contributed by atoms with Crippen molar-refractivity contribution in [3.8, 4) is 0 Å². The fourth-order valence-corrected chi connectivity index (χ4v) is 3.14. The third kappa shape index (κ3) is 4.63. The molecule has 1 aliphatic rings. The maximum atomic E-state index is 12.5. The van der Waals surface area contributed by atoms with Gasteiger partial charge in [-0.15, -0.1) is 0 Å². The van der Waals surface area contributed by atoms with E-state index in [1.54, 1.807) is 4.90 Å². The van der Waals surface area contributed by atoms with Crippen LogP contribution in [0, 0.1) is 5.92 Å². The minimum atomic E-state index is -0.362. The highest BCUT2D eigenvalue weighted by Crippen LogP contribution is 2.24. The zero-order valence-corrected chi connectivity index (χ0v) is 14.9. The topological polar surface area (TPSA) is 58.6 Å². The Morgan fingerprint density at radius 2 is 1.69 bits per heavy atom. The fourth-order valence-electron chi connectivity index (χ4n) is 3.14. The summed E-state index contributed by atoms with van der Waals surface area (Å²) >= 11 is 0. The predicted octanol–water partition coefficient (Wildman–Crippen LogP) is 4.06. The van der Waals surface area contributed by atoms with E-state index in [4.69, 9.17) is 4.74 Å². The monoisotopic (exact) mass is 352 g/mol. The number of rotatable bonds is 4. The molecule has 0 bridgehead atoms. The van der Waals surface area contributed by atoms with Gasteiger partial charge in [0.1, 0.15) is 6.61 Å². The summed E-state index contributed by atoms with van der Waals surface area (Å²) in [6.45, 7) is 2.62. The Morgan fingerprint density at radius 1 is 1.04 bits per heavy atom. The molecule has 136 valence electrons. The minimum absolute atomic E-state index is 0.0519. The van der Waals surface area contributed by atoms with E-state index in [0.29, 0.717) is 6.54 Å². The van der Waals surface area contributed by atoms with E-state index < -0.39 is 0 Å². The van der Waals surface area contributed by atoms with Crippen LogP contribution in [0.4, 0.5) is 10.5 Å². The third-order valence-corrected chi connectivity index (χ3v) is 4.73. The molecule has 1 fully saturated rings. The first-order valence-electron chi connectivity index (χ1n) is 8.96. The number of carbonyl (C=O) groups is 2. The quantitative estimate of drug-likeness (QED) is 0.903. The maximum absolute atomic E-state index is 12.5. The molecule has 3 rings (SSSR count). The molecule has 0 aromatic heterocycles. The van der Waals surface area contributed by atoms with Gasteiger partial charge in [-0.25, -0.2) is 4.79 Å². The Labute approximate surface area is 154 Å². The van der Waals surface area contributed by atoms with E-state index in [1.807, 2.05) is 67.6 Å². The molecule has 1 N–H and O–H groups in total. The molecule has 0 radical (unpaired) electrons. The van der Waals surface area contributed by atoms with Gasteiger partial charge in [-0.1, -0.05) is 48.5 Å². The third-order valence-electron chi connectivity index (χ3n) is 4.73. The van der Waals surface area contributed by atoms with Crippen molar-refractivity contribution >= 4 is 17.7 Å². The lowest BCUT2D eigenvalue weighted by Gasteiger charge is -2.36. The van der Waals surface area contributed by atoms with Crippen LogP contribution >= 0.6 is 0 Å². The number of para-hydroxylation sites is 1. The van der Waals surface area contributed by atoms with Gasteiger partial charge in [0.2, 0.25) is 5.91 Å². The molecule has 0 saturated carbocycles. The highest BCUT2D eigenvalue weighted by atomic mass is 16.6. The van der Waals surface area contributed by atoms with Crippen LogP contribution in [0.2, 0.25) is 0 Å². The van der Waals surface area contributed by atoms with Gasteiger partial charge < -0.3 is 15.0 Å². The molecule has 26 heavy (non-hydrogen) atoms. The van der Waals surface area contributed by atoms with Crippen LogP contribution in [0.5, 0.6) is 0 Å². The summed E-state index contributed by atoms with van der Waals surface area (Å²) in [5.41, 5.74) is 1.72. The zero-order valence-electron chi connectivity index (χ0n) is 14.9. The maximum Gasteiger partial charge on any atom is 0.410 e. The van der Waals surface area contributed by atoms with Gasteiger partial charge in [0.25, 0.3) is 0 Å². The molecule has 1 saturated heterocycles. The molecule has 0 spiro atoms. The van der Waals surface area contributed by atoms with E-state index in [9.17, 15) is 9.59 Å². The van der Waals surface area contributed by atoms with E-state index in [-0.39, 0.29) is 30.6 Å². The fraction of sp³-hybridized carbons (Fsp3) is 0.333. The van der Waals surface area contributed by atoms with Gasteiger partial charge in [0.15, 0.2) is 0 Å². The number of amides is 2. The Balaban J connectivity index is 1.56. The lowest BCUT2D eigenvalue weighted by Crippen LogP contribution is -2.48. The summed E-state index contributed by atoms with van der Waals surface area (Å²) in [6.07, 6.45) is 1.19. The Hall–Kier alpha value is -2.82. The number of piperidine rings is 1. The van der Waals surface area contributed by atoms with E-state index in [2.05, 4.69) is 5.32 Å². The van der Waals surface area contributed by atoms with Crippen molar-refractivity contribution in [1.82, 2.24) is 4.90 Å². The van der Waals surface area contributed by atoms with Crippen LogP contribution < -0.4 is 5.32 Å². The number of likely N-dealkylation sites (tertiary alicyclic amines) is 1. The second-order valence-electron chi connectivity index (χ2n) is 6.67. The summed E-state index contributed by atoms with van der Waals surface area (Å²) in [6, 6.07) is 19.0. The number of carbonyl (C=O) groups excluding carboxylic acids is 2. The van der Waals surface area contributed by atoms with Crippen molar-refractivity contribution in [2.75, 3.05) is 11.9 Å². The molecule has 2 aromatic rings. The number of ether oxygens (including phenoxy) is 1. The number of nitrogens with zero attached hydrogens (tertiary/aromatic N) is 1. The van der Waals surface area contributed by atoms with Crippen LogP contribution in [0.15, 0.2) is 60.7 Å². The predicted molar refractivity (Wildman–Crippen MR) is 101 cm³/mol. The summed E-state index contributed by atoms with van der Waals surface area (Å²) in [4.78, 5) is 26.7. The SMILES string of the molecule is C[C@@H]1CC[C@H](C(=O)Nc2ccccc2)CN1C(=O)OCc1ccccc1. The number of hydrogen-bond donors (Lipinski definition) is 1. The molecule has 1 aliphatic heterocycles. The van der Waals surface area contributed by atoms with Crippen molar-refractivity contribution < 1.29 is 14.3 Å². The highest BCUT2D eigenvalue weighted by Gasteiger charge is 2.33. The first-order chi connectivity index (χ1) is 12.6. The zero-order chi connectivity index (χ0) is 18.4. The van der Waals surface area contributed by atoms with E-state index >= 15 is 0 Å². The number of anilines is 1. The molecule has 2 amide bonds. The second-order valence-corrected chi connectivity index (χ2v) is 6.67. The average Bonchev–Trinajstić information content (AvgIpc) is 2.68. The molecule has 2 aromatic carbocycles. The summed E-state index contributed by atoms with van der Waals surface area (Å²) in [5, 5.41) is 2.93. The van der Waals surface area contributed by atoms with Crippen molar-refractivity contribution in [3.63, 3.8) is 0 Å². The van der Waals surface area contributed by atoms with Crippen molar-refractivity contribution in [2.24, 2.45) is 5.92 Å². The van der Waals surface area contributed by atoms with Gasteiger partial charge in [-0.05, 0) is 37.5 Å².